The number of thioether (sulfide) groups is 1. The fourth-order valence-corrected chi connectivity index (χ4v) is 3.36. The molecule has 0 unspecified atom stereocenters. The Morgan fingerprint density at radius 1 is 1.38 bits per heavy atom. The number of tetrazole rings is 1. The van der Waals surface area contributed by atoms with Gasteiger partial charge in [0, 0.05) is 21.6 Å². The van der Waals surface area contributed by atoms with E-state index in [1.165, 1.54) is 4.80 Å². The summed E-state index contributed by atoms with van der Waals surface area (Å²) in [6, 6.07) is 9.57. The van der Waals surface area contributed by atoms with Gasteiger partial charge in [-0.1, -0.05) is 18.2 Å². The van der Waals surface area contributed by atoms with Gasteiger partial charge in [0.2, 0.25) is 11.7 Å². The van der Waals surface area contributed by atoms with Crippen LogP contribution >= 0.6 is 23.1 Å². The molecule has 8 heteroatoms. The number of nitrogens with one attached hydrogen (secondary N) is 1. The van der Waals surface area contributed by atoms with Gasteiger partial charge in [0.25, 0.3) is 0 Å². The van der Waals surface area contributed by atoms with Crippen molar-refractivity contribution in [1.82, 2.24) is 20.2 Å². The Balaban J connectivity index is 1.65. The summed E-state index contributed by atoms with van der Waals surface area (Å²) in [5.74, 6) is 1.10. The highest BCUT2D eigenvalue weighted by molar-refractivity contribution is 7.99. The van der Waals surface area contributed by atoms with Crippen LogP contribution in [0.15, 0.2) is 58.6 Å². The van der Waals surface area contributed by atoms with Crippen LogP contribution in [0.25, 0.3) is 11.4 Å². The van der Waals surface area contributed by atoms with Crippen LogP contribution in [0.2, 0.25) is 0 Å². The van der Waals surface area contributed by atoms with E-state index in [0.29, 0.717) is 5.82 Å². The van der Waals surface area contributed by atoms with E-state index in [2.05, 4.69) is 27.3 Å². The fraction of sp³-hybridized carbons (Fsp3) is 0.125. The lowest BCUT2D eigenvalue weighted by molar-refractivity contribution is -0.117. The van der Waals surface area contributed by atoms with Crippen molar-refractivity contribution in [3.8, 4) is 11.4 Å². The van der Waals surface area contributed by atoms with Crippen molar-refractivity contribution in [1.29, 1.82) is 0 Å². The Hall–Kier alpha value is -2.45. The molecule has 0 atom stereocenters. The predicted molar refractivity (Wildman–Crippen MR) is 97.1 cm³/mol. The molecule has 0 radical (unpaired) electrons. The first-order chi connectivity index (χ1) is 11.8. The van der Waals surface area contributed by atoms with Crippen LogP contribution in [0.3, 0.4) is 0 Å². The number of carbonyl (C=O) groups excluding carboxylic acids is 1. The lowest BCUT2D eigenvalue weighted by atomic mass is 10.3. The van der Waals surface area contributed by atoms with Gasteiger partial charge in [-0.3, -0.25) is 4.79 Å². The largest absolute Gasteiger partial charge is 0.323 e. The van der Waals surface area contributed by atoms with Crippen LogP contribution in [0.1, 0.15) is 0 Å². The van der Waals surface area contributed by atoms with Crippen molar-refractivity contribution in [3.63, 3.8) is 0 Å². The van der Waals surface area contributed by atoms with Crippen LogP contribution in [0.4, 0.5) is 5.69 Å². The van der Waals surface area contributed by atoms with Crippen molar-refractivity contribution in [3.05, 3.63) is 53.7 Å². The second kappa shape index (κ2) is 7.89. The average Bonchev–Trinajstić information content (AvgIpc) is 3.25. The number of amides is 1. The van der Waals surface area contributed by atoms with E-state index < -0.39 is 0 Å². The van der Waals surface area contributed by atoms with Gasteiger partial charge in [-0.15, -0.1) is 28.5 Å². The number of carbonyl (C=O) groups is 1. The molecule has 0 aliphatic carbocycles. The van der Waals surface area contributed by atoms with E-state index in [1.54, 1.807) is 23.1 Å². The highest BCUT2D eigenvalue weighted by Crippen LogP contribution is 2.26. The number of rotatable bonds is 7. The fourth-order valence-electron chi connectivity index (χ4n) is 1.98. The monoisotopic (exact) mass is 357 g/mol. The lowest BCUT2D eigenvalue weighted by Gasteiger charge is -2.09. The summed E-state index contributed by atoms with van der Waals surface area (Å²) >= 11 is 3.18. The van der Waals surface area contributed by atoms with Gasteiger partial charge >= 0.3 is 0 Å². The summed E-state index contributed by atoms with van der Waals surface area (Å²) in [7, 11) is 0. The maximum Gasteiger partial charge on any atom is 0.248 e. The number of hydrogen-bond donors (Lipinski definition) is 1. The molecule has 0 saturated heterocycles. The minimum Gasteiger partial charge on any atom is -0.323 e. The number of hydrogen-bond acceptors (Lipinski definition) is 6. The van der Waals surface area contributed by atoms with Crippen LogP contribution in [0, 0.1) is 0 Å². The Bertz CT molecular complexity index is 829. The van der Waals surface area contributed by atoms with E-state index in [-0.39, 0.29) is 12.5 Å². The van der Waals surface area contributed by atoms with Crippen LogP contribution < -0.4 is 5.32 Å². The van der Waals surface area contributed by atoms with Gasteiger partial charge < -0.3 is 5.32 Å². The molecule has 1 aromatic carbocycles. The normalized spacial score (nSPS) is 10.5. The zero-order valence-electron chi connectivity index (χ0n) is 12.8. The average molecular weight is 357 g/mol. The van der Waals surface area contributed by atoms with Crippen molar-refractivity contribution in [2.45, 2.75) is 11.4 Å². The zero-order chi connectivity index (χ0) is 16.8. The summed E-state index contributed by atoms with van der Waals surface area (Å²) in [6.07, 6.45) is 1.83. The van der Waals surface area contributed by atoms with E-state index in [0.717, 1.165) is 21.9 Å². The van der Waals surface area contributed by atoms with Gasteiger partial charge in [-0.2, -0.15) is 16.1 Å². The van der Waals surface area contributed by atoms with Crippen molar-refractivity contribution in [2.75, 3.05) is 11.1 Å². The van der Waals surface area contributed by atoms with Crippen LogP contribution in [0.5, 0.6) is 0 Å². The molecule has 0 saturated carbocycles. The summed E-state index contributed by atoms with van der Waals surface area (Å²) in [5, 5.41) is 18.9. The maximum atomic E-state index is 12.2. The number of aromatic nitrogens is 4. The molecular formula is C16H15N5OS2. The molecule has 3 aromatic rings. The molecular weight excluding hydrogens is 342 g/mol. The summed E-state index contributed by atoms with van der Waals surface area (Å²) in [4.78, 5) is 14.5. The number of benzene rings is 1. The van der Waals surface area contributed by atoms with Gasteiger partial charge in [0.05, 0.1) is 5.69 Å². The molecule has 0 aliphatic rings. The molecule has 1 N–H and O–H groups in total. The molecule has 0 fully saturated rings. The summed E-state index contributed by atoms with van der Waals surface area (Å²) in [5.41, 5.74) is 1.67. The smallest absolute Gasteiger partial charge is 0.248 e. The molecule has 3 rings (SSSR count). The zero-order valence-corrected chi connectivity index (χ0v) is 14.4. The summed E-state index contributed by atoms with van der Waals surface area (Å²) in [6.45, 7) is 3.72. The molecule has 24 heavy (non-hydrogen) atoms. The van der Waals surface area contributed by atoms with E-state index >= 15 is 0 Å². The first-order valence-corrected chi connectivity index (χ1v) is 9.12. The second-order valence-corrected chi connectivity index (χ2v) is 6.64. The van der Waals surface area contributed by atoms with E-state index in [4.69, 9.17) is 0 Å². The SMILES string of the molecule is C=CCSc1ccccc1NC(=O)Cn1nnc(-c2ccsc2)n1. The molecule has 6 nitrogen and oxygen atoms in total. The Morgan fingerprint density at radius 2 is 2.25 bits per heavy atom. The minimum atomic E-state index is -0.198. The van der Waals surface area contributed by atoms with Gasteiger partial charge in [-0.25, -0.2) is 0 Å². The minimum absolute atomic E-state index is 0.0115. The van der Waals surface area contributed by atoms with Crippen molar-refractivity contribution < 1.29 is 4.79 Å². The molecule has 122 valence electrons. The van der Waals surface area contributed by atoms with Gasteiger partial charge in [0.15, 0.2) is 0 Å². The Kier molecular flexibility index (Phi) is 5.39. The molecule has 1 amide bonds. The summed E-state index contributed by atoms with van der Waals surface area (Å²) < 4.78 is 0. The second-order valence-electron chi connectivity index (χ2n) is 4.80. The first kappa shape index (κ1) is 16.4. The third-order valence-electron chi connectivity index (χ3n) is 3.04. The number of thiophene rings is 1. The van der Waals surface area contributed by atoms with Crippen molar-refractivity contribution in [2.24, 2.45) is 0 Å². The van der Waals surface area contributed by atoms with Crippen molar-refractivity contribution >= 4 is 34.7 Å². The van der Waals surface area contributed by atoms with Gasteiger partial charge in [0.1, 0.15) is 6.54 Å². The topological polar surface area (TPSA) is 72.7 Å². The maximum absolute atomic E-state index is 12.2. The third kappa shape index (κ3) is 4.09. The molecule has 2 aromatic heterocycles. The van der Waals surface area contributed by atoms with E-state index in [1.807, 2.05) is 47.2 Å². The van der Waals surface area contributed by atoms with Gasteiger partial charge in [-0.05, 0) is 28.8 Å². The molecule has 0 bridgehead atoms. The quantitative estimate of drug-likeness (QED) is 0.519. The third-order valence-corrected chi connectivity index (χ3v) is 4.79. The number of anilines is 1. The Labute approximate surface area is 147 Å². The number of para-hydroxylation sites is 1. The Morgan fingerprint density at radius 3 is 3.04 bits per heavy atom. The van der Waals surface area contributed by atoms with Crippen LogP contribution in [-0.4, -0.2) is 31.9 Å². The first-order valence-electron chi connectivity index (χ1n) is 7.19. The standard InChI is InChI=1S/C16H15N5OS2/c1-2-8-24-14-6-4-3-5-13(14)17-15(22)10-21-19-16(18-20-21)12-7-9-23-11-12/h2-7,9,11H,1,8,10H2,(H,17,22). The highest BCUT2D eigenvalue weighted by atomic mass is 32.2. The lowest BCUT2D eigenvalue weighted by Crippen LogP contribution is -2.20. The predicted octanol–water partition coefficient (Wildman–Crippen LogP) is 3.32. The van der Waals surface area contributed by atoms with Crippen LogP contribution in [-0.2, 0) is 11.3 Å². The van der Waals surface area contributed by atoms with E-state index in [9.17, 15) is 4.79 Å². The molecule has 0 spiro atoms. The highest BCUT2D eigenvalue weighted by Gasteiger charge is 2.11. The number of nitrogens with zero attached hydrogens (tertiary/aromatic N) is 4. The molecule has 2 heterocycles. The molecule has 0 aliphatic heterocycles.